The van der Waals surface area contributed by atoms with E-state index in [2.05, 4.69) is 40.4 Å². The van der Waals surface area contributed by atoms with Crippen molar-refractivity contribution >= 4 is 15.9 Å². The van der Waals surface area contributed by atoms with Crippen LogP contribution >= 0.6 is 15.9 Å². The first kappa shape index (κ1) is 14.6. The number of nitrogens with one attached hydrogen (secondary N) is 1. The fourth-order valence-corrected chi connectivity index (χ4v) is 2.29. The van der Waals surface area contributed by atoms with E-state index in [0.29, 0.717) is 5.92 Å². The molecule has 0 bridgehead atoms. The third-order valence-electron chi connectivity index (χ3n) is 3.02. The zero-order valence-corrected chi connectivity index (χ0v) is 12.0. The third kappa shape index (κ3) is 5.17. The lowest BCUT2D eigenvalue weighted by Gasteiger charge is -2.23. The smallest absolute Gasteiger partial charge is 0.0465 e. The second-order valence-corrected chi connectivity index (χ2v) is 5.28. The van der Waals surface area contributed by atoms with Crippen LogP contribution in [0.15, 0.2) is 28.7 Å². The van der Waals surface area contributed by atoms with E-state index in [4.69, 9.17) is 10.6 Å². The molecular weight excluding hydrogens is 280 g/mol. The summed E-state index contributed by atoms with van der Waals surface area (Å²) >= 11 is 3.48. The van der Waals surface area contributed by atoms with Gasteiger partial charge in [0.15, 0.2) is 0 Å². The van der Waals surface area contributed by atoms with Gasteiger partial charge in [0.2, 0.25) is 0 Å². The quantitative estimate of drug-likeness (QED) is 0.601. The molecule has 0 spiro atoms. The van der Waals surface area contributed by atoms with Crippen LogP contribution in [0.2, 0.25) is 0 Å². The van der Waals surface area contributed by atoms with Crippen molar-refractivity contribution in [2.45, 2.75) is 25.8 Å². The number of hydrogen-bond acceptors (Lipinski definition) is 3. The zero-order valence-electron chi connectivity index (χ0n) is 10.4. The van der Waals surface area contributed by atoms with Crippen molar-refractivity contribution in [1.29, 1.82) is 0 Å². The van der Waals surface area contributed by atoms with E-state index < -0.39 is 0 Å². The third-order valence-corrected chi connectivity index (χ3v) is 3.52. The first-order valence-electron chi connectivity index (χ1n) is 5.87. The van der Waals surface area contributed by atoms with Crippen molar-refractivity contribution in [3.8, 4) is 0 Å². The molecule has 1 aromatic carbocycles. The maximum absolute atomic E-state index is 5.63. The van der Waals surface area contributed by atoms with E-state index in [-0.39, 0.29) is 6.04 Å². The average Bonchev–Trinajstić information content (AvgIpc) is 2.33. The van der Waals surface area contributed by atoms with Crippen LogP contribution in [0.4, 0.5) is 0 Å². The fraction of sp³-hybridized carbons (Fsp3) is 0.538. The van der Waals surface area contributed by atoms with Crippen LogP contribution in [-0.2, 0) is 11.2 Å². The summed E-state index contributed by atoms with van der Waals surface area (Å²) in [4.78, 5) is 0. The lowest BCUT2D eigenvalue weighted by atomic mass is 9.93. The lowest BCUT2D eigenvalue weighted by molar-refractivity contribution is 0.170. The van der Waals surface area contributed by atoms with Gasteiger partial charge in [0.25, 0.3) is 0 Å². The van der Waals surface area contributed by atoms with Gasteiger partial charge in [0, 0.05) is 24.2 Å². The molecule has 0 saturated carbocycles. The lowest BCUT2D eigenvalue weighted by Crippen LogP contribution is -2.41. The van der Waals surface area contributed by atoms with Crippen LogP contribution in [0.1, 0.15) is 18.9 Å². The van der Waals surface area contributed by atoms with Gasteiger partial charge < -0.3 is 4.74 Å². The predicted molar refractivity (Wildman–Crippen MR) is 74.6 cm³/mol. The SMILES string of the molecule is COCCC(C)C(Cc1cccc(Br)c1)NN. The van der Waals surface area contributed by atoms with Crippen molar-refractivity contribution in [3.05, 3.63) is 34.3 Å². The molecule has 2 unspecified atom stereocenters. The summed E-state index contributed by atoms with van der Waals surface area (Å²) in [7, 11) is 1.73. The minimum absolute atomic E-state index is 0.277. The predicted octanol–water partition coefficient (Wildman–Crippen LogP) is 2.50. The summed E-state index contributed by atoms with van der Waals surface area (Å²) in [5, 5.41) is 0. The molecule has 3 N–H and O–H groups in total. The summed E-state index contributed by atoms with van der Waals surface area (Å²) < 4.78 is 6.21. The van der Waals surface area contributed by atoms with E-state index in [0.717, 1.165) is 23.9 Å². The molecule has 1 rings (SSSR count). The van der Waals surface area contributed by atoms with Crippen molar-refractivity contribution in [2.24, 2.45) is 11.8 Å². The Labute approximate surface area is 112 Å². The molecule has 3 nitrogen and oxygen atoms in total. The van der Waals surface area contributed by atoms with E-state index in [1.54, 1.807) is 7.11 Å². The highest BCUT2D eigenvalue weighted by Crippen LogP contribution is 2.17. The largest absolute Gasteiger partial charge is 0.385 e. The first-order chi connectivity index (χ1) is 8.17. The molecule has 0 fully saturated rings. The minimum Gasteiger partial charge on any atom is -0.385 e. The number of nitrogens with two attached hydrogens (primary N) is 1. The molecule has 0 aromatic heterocycles. The van der Waals surface area contributed by atoms with Gasteiger partial charge >= 0.3 is 0 Å². The Morgan fingerprint density at radius 1 is 1.47 bits per heavy atom. The van der Waals surface area contributed by atoms with Gasteiger partial charge in [-0.25, -0.2) is 0 Å². The number of rotatable bonds is 7. The number of methoxy groups -OCH3 is 1. The Morgan fingerprint density at radius 3 is 2.82 bits per heavy atom. The summed E-state index contributed by atoms with van der Waals surface area (Å²) in [6.07, 6.45) is 1.94. The fourth-order valence-electron chi connectivity index (χ4n) is 1.85. The standard InChI is InChI=1S/C13H21BrN2O/c1-10(6-7-17-2)13(16-15)9-11-4-3-5-12(14)8-11/h3-5,8,10,13,16H,6-7,9,15H2,1-2H3. The molecule has 0 aliphatic heterocycles. The Balaban J connectivity index is 2.56. The molecular formula is C13H21BrN2O. The number of halogens is 1. The Bertz CT molecular complexity index is 333. The van der Waals surface area contributed by atoms with Gasteiger partial charge in [-0.1, -0.05) is 35.0 Å². The first-order valence-corrected chi connectivity index (χ1v) is 6.66. The van der Waals surface area contributed by atoms with Crippen molar-refractivity contribution in [3.63, 3.8) is 0 Å². The minimum atomic E-state index is 0.277. The molecule has 96 valence electrons. The number of hydrogen-bond donors (Lipinski definition) is 2. The van der Waals surface area contributed by atoms with Gasteiger partial charge in [-0.15, -0.1) is 0 Å². The average molecular weight is 301 g/mol. The Morgan fingerprint density at radius 2 is 2.24 bits per heavy atom. The second kappa shape index (κ2) is 7.82. The Kier molecular flexibility index (Phi) is 6.73. The van der Waals surface area contributed by atoms with E-state index in [1.807, 2.05) is 12.1 Å². The Hall–Kier alpha value is -0.420. The topological polar surface area (TPSA) is 47.3 Å². The molecule has 4 heteroatoms. The van der Waals surface area contributed by atoms with Crippen molar-refractivity contribution < 1.29 is 4.74 Å². The highest BCUT2D eigenvalue weighted by atomic mass is 79.9. The summed E-state index contributed by atoms with van der Waals surface area (Å²) in [5.41, 5.74) is 4.19. The molecule has 0 amide bonds. The molecule has 0 aliphatic rings. The van der Waals surface area contributed by atoms with Crippen molar-refractivity contribution in [1.82, 2.24) is 5.43 Å². The van der Waals surface area contributed by atoms with Gasteiger partial charge in [-0.2, -0.15) is 0 Å². The molecule has 0 aliphatic carbocycles. The maximum Gasteiger partial charge on any atom is 0.0465 e. The van der Waals surface area contributed by atoms with Gasteiger partial charge in [0.1, 0.15) is 0 Å². The maximum atomic E-state index is 5.63. The number of hydrazine groups is 1. The van der Waals surface area contributed by atoms with Crippen LogP contribution in [-0.4, -0.2) is 19.8 Å². The van der Waals surface area contributed by atoms with Gasteiger partial charge in [-0.05, 0) is 36.5 Å². The molecule has 1 aromatic rings. The molecule has 2 atom stereocenters. The molecule has 0 saturated heterocycles. The molecule has 0 heterocycles. The molecule has 17 heavy (non-hydrogen) atoms. The normalized spacial score (nSPS) is 14.6. The van der Waals surface area contributed by atoms with Crippen LogP contribution in [0.3, 0.4) is 0 Å². The summed E-state index contributed by atoms with van der Waals surface area (Å²) in [5.74, 6) is 6.11. The highest BCUT2D eigenvalue weighted by Gasteiger charge is 2.16. The van der Waals surface area contributed by atoms with Crippen LogP contribution in [0.5, 0.6) is 0 Å². The van der Waals surface area contributed by atoms with Gasteiger partial charge in [-0.3, -0.25) is 11.3 Å². The number of ether oxygens (including phenoxy) is 1. The van der Waals surface area contributed by atoms with Crippen LogP contribution < -0.4 is 11.3 Å². The highest BCUT2D eigenvalue weighted by molar-refractivity contribution is 9.10. The van der Waals surface area contributed by atoms with E-state index >= 15 is 0 Å². The zero-order chi connectivity index (χ0) is 12.7. The van der Waals surface area contributed by atoms with Crippen LogP contribution in [0, 0.1) is 5.92 Å². The van der Waals surface area contributed by atoms with Gasteiger partial charge in [0.05, 0.1) is 0 Å². The van der Waals surface area contributed by atoms with Crippen LogP contribution in [0.25, 0.3) is 0 Å². The summed E-state index contributed by atoms with van der Waals surface area (Å²) in [6.45, 7) is 2.97. The van der Waals surface area contributed by atoms with Crippen molar-refractivity contribution in [2.75, 3.05) is 13.7 Å². The molecule has 0 radical (unpaired) electrons. The van der Waals surface area contributed by atoms with E-state index in [1.165, 1.54) is 5.56 Å². The van der Waals surface area contributed by atoms with E-state index in [9.17, 15) is 0 Å². The monoisotopic (exact) mass is 300 g/mol. The number of benzene rings is 1. The second-order valence-electron chi connectivity index (χ2n) is 4.37. The summed E-state index contributed by atoms with van der Waals surface area (Å²) in [6, 6.07) is 8.61.